The standard InChI is InChI=1S/C19H19N5O/c1-11-7-8-15(10-12(11)2)21-18-13(3)14(4)20-19-22-17(23-24(18)19)16-6-5-9-25-16/h5-10,21H,1-4H3. The molecule has 0 atom stereocenters. The number of aromatic nitrogens is 4. The van der Waals surface area contributed by atoms with E-state index in [1.54, 1.807) is 10.8 Å². The molecule has 4 aromatic rings. The van der Waals surface area contributed by atoms with Gasteiger partial charge in [-0.25, -0.2) is 4.98 Å². The van der Waals surface area contributed by atoms with Crippen LogP contribution in [0.2, 0.25) is 0 Å². The maximum Gasteiger partial charge on any atom is 0.255 e. The summed E-state index contributed by atoms with van der Waals surface area (Å²) in [5, 5.41) is 8.05. The van der Waals surface area contributed by atoms with Gasteiger partial charge in [-0.3, -0.25) is 0 Å². The second-order valence-electron chi connectivity index (χ2n) is 6.22. The van der Waals surface area contributed by atoms with Crippen molar-refractivity contribution in [1.29, 1.82) is 0 Å². The van der Waals surface area contributed by atoms with Crippen LogP contribution in [0, 0.1) is 27.7 Å². The quantitative estimate of drug-likeness (QED) is 0.603. The predicted octanol–water partition coefficient (Wildman–Crippen LogP) is 4.36. The third kappa shape index (κ3) is 2.65. The number of fused-ring (bicyclic) bond motifs is 1. The predicted molar refractivity (Wildman–Crippen MR) is 97.2 cm³/mol. The summed E-state index contributed by atoms with van der Waals surface area (Å²) in [6.45, 7) is 8.21. The van der Waals surface area contributed by atoms with Gasteiger partial charge >= 0.3 is 0 Å². The molecule has 0 radical (unpaired) electrons. The van der Waals surface area contributed by atoms with E-state index in [1.807, 2.05) is 26.0 Å². The number of aryl methyl sites for hydroxylation is 3. The molecule has 0 aliphatic carbocycles. The average Bonchev–Trinajstić information content (AvgIpc) is 3.24. The number of rotatable bonds is 3. The normalized spacial score (nSPS) is 11.2. The van der Waals surface area contributed by atoms with Crippen LogP contribution in [-0.4, -0.2) is 19.6 Å². The average molecular weight is 333 g/mol. The number of furan rings is 1. The van der Waals surface area contributed by atoms with E-state index in [4.69, 9.17) is 4.42 Å². The topological polar surface area (TPSA) is 68.2 Å². The van der Waals surface area contributed by atoms with Gasteiger partial charge in [0.25, 0.3) is 5.78 Å². The van der Waals surface area contributed by atoms with Gasteiger partial charge < -0.3 is 9.73 Å². The second kappa shape index (κ2) is 5.73. The van der Waals surface area contributed by atoms with Crippen LogP contribution < -0.4 is 5.32 Å². The molecule has 0 aliphatic heterocycles. The Balaban J connectivity index is 1.86. The molecule has 0 saturated heterocycles. The van der Waals surface area contributed by atoms with Crippen LogP contribution in [-0.2, 0) is 0 Å². The molecular weight excluding hydrogens is 314 g/mol. The minimum Gasteiger partial charge on any atom is -0.461 e. The van der Waals surface area contributed by atoms with E-state index in [2.05, 4.69) is 52.4 Å². The minimum atomic E-state index is 0.519. The second-order valence-corrected chi connectivity index (χ2v) is 6.22. The van der Waals surface area contributed by atoms with Gasteiger partial charge in [0, 0.05) is 16.9 Å². The SMILES string of the molecule is Cc1ccc(Nc2c(C)c(C)nc3nc(-c4ccco4)nn23)cc1C. The molecule has 1 N–H and O–H groups in total. The number of hydrogen-bond donors (Lipinski definition) is 1. The largest absolute Gasteiger partial charge is 0.461 e. The summed E-state index contributed by atoms with van der Waals surface area (Å²) >= 11 is 0. The first kappa shape index (κ1) is 15.4. The van der Waals surface area contributed by atoms with Crippen molar-refractivity contribution in [3.63, 3.8) is 0 Å². The molecule has 0 amide bonds. The van der Waals surface area contributed by atoms with E-state index in [0.29, 0.717) is 17.4 Å². The lowest BCUT2D eigenvalue weighted by atomic mass is 10.1. The Bertz CT molecular complexity index is 1060. The van der Waals surface area contributed by atoms with Crippen molar-refractivity contribution in [1.82, 2.24) is 19.6 Å². The molecule has 3 aromatic heterocycles. The zero-order valence-electron chi connectivity index (χ0n) is 14.7. The van der Waals surface area contributed by atoms with Crippen LogP contribution in [0.15, 0.2) is 41.0 Å². The molecular formula is C19H19N5O. The van der Waals surface area contributed by atoms with Crippen LogP contribution >= 0.6 is 0 Å². The molecule has 0 spiro atoms. The lowest BCUT2D eigenvalue weighted by molar-refractivity contribution is 0.577. The van der Waals surface area contributed by atoms with Crippen LogP contribution in [0.3, 0.4) is 0 Å². The highest BCUT2D eigenvalue weighted by Crippen LogP contribution is 2.26. The van der Waals surface area contributed by atoms with Crippen molar-refractivity contribution in [2.24, 2.45) is 0 Å². The van der Waals surface area contributed by atoms with Crippen molar-refractivity contribution in [3.05, 3.63) is 59.0 Å². The fraction of sp³-hybridized carbons (Fsp3) is 0.211. The van der Waals surface area contributed by atoms with E-state index in [1.165, 1.54) is 11.1 Å². The molecule has 25 heavy (non-hydrogen) atoms. The fourth-order valence-corrected chi connectivity index (χ4v) is 2.70. The number of hydrogen-bond acceptors (Lipinski definition) is 5. The first-order valence-electron chi connectivity index (χ1n) is 8.15. The molecule has 6 nitrogen and oxygen atoms in total. The summed E-state index contributed by atoms with van der Waals surface area (Å²) in [6, 6.07) is 9.95. The third-order valence-corrected chi connectivity index (χ3v) is 4.48. The van der Waals surface area contributed by atoms with Crippen LogP contribution in [0.5, 0.6) is 0 Å². The van der Waals surface area contributed by atoms with Gasteiger partial charge in [-0.1, -0.05) is 6.07 Å². The Morgan fingerprint density at radius 1 is 1.00 bits per heavy atom. The molecule has 1 aromatic carbocycles. The molecule has 4 rings (SSSR count). The summed E-state index contributed by atoms with van der Waals surface area (Å²) in [5.41, 5.74) is 5.45. The van der Waals surface area contributed by atoms with Gasteiger partial charge in [-0.05, 0) is 63.1 Å². The van der Waals surface area contributed by atoms with Crippen LogP contribution in [0.4, 0.5) is 11.5 Å². The highest BCUT2D eigenvalue weighted by molar-refractivity contribution is 5.64. The highest BCUT2D eigenvalue weighted by Gasteiger charge is 2.16. The van der Waals surface area contributed by atoms with Crippen molar-refractivity contribution >= 4 is 17.3 Å². The Morgan fingerprint density at radius 2 is 1.84 bits per heavy atom. The van der Waals surface area contributed by atoms with Crippen LogP contribution in [0.25, 0.3) is 17.4 Å². The maximum absolute atomic E-state index is 5.41. The van der Waals surface area contributed by atoms with Crippen molar-refractivity contribution < 1.29 is 4.42 Å². The molecule has 6 heteroatoms. The first-order valence-corrected chi connectivity index (χ1v) is 8.15. The van der Waals surface area contributed by atoms with Gasteiger partial charge in [0.1, 0.15) is 5.82 Å². The van der Waals surface area contributed by atoms with Gasteiger partial charge in [0.05, 0.1) is 6.26 Å². The van der Waals surface area contributed by atoms with Crippen molar-refractivity contribution in [2.75, 3.05) is 5.32 Å². The number of benzene rings is 1. The summed E-state index contributed by atoms with van der Waals surface area (Å²) < 4.78 is 7.14. The smallest absolute Gasteiger partial charge is 0.255 e. The fourth-order valence-electron chi connectivity index (χ4n) is 2.70. The molecule has 0 aliphatic rings. The molecule has 126 valence electrons. The molecule has 0 saturated carbocycles. The monoisotopic (exact) mass is 333 g/mol. The lowest BCUT2D eigenvalue weighted by Crippen LogP contribution is -2.06. The van der Waals surface area contributed by atoms with E-state index in [9.17, 15) is 0 Å². The zero-order chi connectivity index (χ0) is 17.6. The summed E-state index contributed by atoms with van der Waals surface area (Å²) in [4.78, 5) is 9.05. The van der Waals surface area contributed by atoms with Gasteiger partial charge in [-0.2, -0.15) is 9.50 Å². The minimum absolute atomic E-state index is 0.519. The molecule has 0 unspecified atom stereocenters. The summed E-state index contributed by atoms with van der Waals surface area (Å²) in [7, 11) is 0. The van der Waals surface area contributed by atoms with Gasteiger partial charge in [-0.15, -0.1) is 5.10 Å². The molecule has 3 heterocycles. The Morgan fingerprint density at radius 3 is 2.56 bits per heavy atom. The van der Waals surface area contributed by atoms with E-state index < -0.39 is 0 Å². The molecule has 0 bridgehead atoms. The Kier molecular flexibility index (Phi) is 3.53. The number of nitrogens with zero attached hydrogens (tertiary/aromatic N) is 4. The van der Waals surface area contributed by atoms with Crippen molar-refractivity contribution in [2.45, 2.75) is 27.7 Å². The lowest BCUT2D eigenvalue weighted by Gasteiger charge is -2.13. The van der Waals surface area contributed by atoms with Gasteiger partial charge in [0.2, 0.25) is 5.82 Å². The first-order chi connectivity index (χ1) is 12.0. The van der Waals surface area contributed by atoms with Crippen molar-refractivity contribution in [3.8, 4) is 11.6 Å². The number of nitrogens with one attached hydrogen (secondary N) is 1. The maximum atomic E-state index is 5.41. The molecule has 0 fully saturated rings. The van der Waals surface area contributed by atoms with E-state index >= 15 is 0 Å². The highest BCUT2D eigenvalue weighted by atomic mass is 16.3. The third-order valence-electron chi connectivity index (χ3n) is 4.48. The van der Waals surface area contributed by atoms with E-state index in [-0.39, 0.29) is 0 Å². The van der Waals surface area contributed by atoms with Gasteiger partial charge in [0.15, 0.2) is 5.76 Å². The zero-order valence-corrected chi connectivity index (χ0v) is 14.7. The van der Waals surface area contributed by atoms with Crippen LogP contribution in [0.1, 0.15) is 22.4 Å². The summed E-state index contributed by atoms with van der Waals surface area (Å²) in [5.74, 6) is 2.54. The Hall–Kier alpha value is -3.15. The summed E-state index contributed by atoms with van der Waals surface area (Å²) in [6.07, 6.45) is 1.61. The van der Waals surface area contributed by atoms with E-state index in [0.717, 1.165) is 22.8 Å². The Labute approximate surface area is 145 Å². The number of anilines is 2.